The Labute approximate surface area is 118 Å². The van der Waals surface area contributed by atoms with Crippen molar-refractivity contribution in [2.75, 3.05) is 6.54 Å². The van der Waals surface area contributed by atoms with Crippen molar-refractivity contribution in [3.63, 3.8) is 0 Å². The average molecular weight is 296 g/mol. The number of benzene rings is 1. The third-order valence-electron chi connectivity index (χ3n) is 2.57. The van der Waals surface area contributed by atoms with Crippen LogP contribution < -0.4 is 0 Å². The van der Waals surface area contributed by atoms with Gasteiger partial charge in [-0.05, 0) is 6.92 Å². The van der Waals surface area contributed by atoms with E-state index in [0.717, 1.165) is 6.92 Å². The predicted octanol–water partition coefficient (Wildman–Crippen LogP) is 0.723. The molecular weight excluding hydrogens is 284 g/mol. The van der Waals surface area contributed by atoms with Crippen molar-refractivity contribution in [1.82, 2.24) is 0 Å². The maximum Gasteiger partial charge on any atom is 0.379 e. The first kappa shape index (κ1) is 16.2. The van der Waals surface area contributed by atoms with Crippen molar-refractivity contribution >= 4 is 11.8 Å². The molecule has 0 saturated carbocycles. The monoisotopic (exact) mass is 296 g/mol. The summed E-state index contributed by atoms with van der Waals surface area (Å²) in [5, 5.41) is 21.2. The van der Waals surface area contributed by atoms with Crippen molar-refractivity contribution in [3.8, 4) is 0 Å². The lowest BCUT2D eigenvalue weighted by molar-refractivity contribution is -0.516. The van der Waals surface area contributed by atoms with Gasteiger partial charge in [-0.1, -0.05) is 30.3 Å². The number of hydrogen-bond acceptors (Lipinski definition) is 7. The summed E-state index contributed by atoms with van der Waals surface area (Å²) in [6.07, 6.45) is -1.42. The molecule has 2 unspecified atom stereocenters. The van der Waals surface area contributed by atoms with Crippen LogP contribution in [0.4, 0.5) is 0 Å². The maximum absolute atomic E-state index is 12.1. The van der Waals surface area contributed by atoms with Crippen molar-refractivity contribution in [2.45, 2.75) is 19.1 Å². The second-order valence-corrected chi connectivity index (χ2v) is 4.15. The Hall–Kier alpha value is -2.84. The third-order valence-corrected chi connectivity index (χ3v) is 2.57. The lowest BCUT2D eigenvalue weighted by Crippen LogP contribution is -2.42. The topological polar surface area (TPSA) is 130 Å². The van der Waals surface area contributed by atoms with E-state index in [-0.39, 0.29) is 5.56 Å². The molecule has 21 heavy (non-hydrogen) atoms. The van der Waals surface area contributed by atoms with Crippen LogP contribution in [0.25, 0.3) is 0 Å². The number of Topliss-reactive ketones (excluding diaryl/α,β-unsaturated/α-hetero) is 1. The molecule has 0 heterocycles. The SMILES string of the molecule is CC(OC(=O)C[N+](=O)[O-])C(C(=O)c1ccccc1)[N+](=O)[O-]. The second-order valence-electron chi connectivity index (χ2n) is 4.15. The first-order chi connectivity index (χ1) is 9.82. The zero-order chi connectivity index (χ0) is 16.0. The van der Waals surface area contributed by atoms with E-state index in [1.54, 1.807) is 6.07 Å². The van der Waals surface area contributed by atoms with E-state index in [1.807, 2.05) is 0 Å². The summed E-state index contributed by atoms with van der Waals surface area (Å²) >= 11 is 0. The normalized spacial score (nSPS) is 13.0. The number of carbonyl (C=O) groups excluding carboxylic acids is 2. The quantitative estimate of drug-likeness (QED) is 0.313. The highest BCUT2D eigenvalue weighted by molar-refractivity contribution is 5.99. The van der Waals surface area contributed by atoms with Crippen LogP contribution in [0.1, 0.15) is 17.3 Å². The number of ether oxygens (including phenoxy) is 1. The van der Waals surface area contributed by atoms with Gasteiger partial charge in [-0.15, -0.1) is 0 Å². The van der Waals surface area contributed by atoms with Crippen LogP contribution in [0.5, 0.6) is 0 Å². The van der Waals surface area contributed by atoms with Gasteiger partial charge in [0.2, 0.25) is 5.78 Å². The van der Waals surface area contributed by atoms with Gasteiger partial charge in [0.15, 0.2) is 6.10 Å². The largest absolute Gasteiger partial charge is 0.450 e. The highest BCUT2D eigenvalue weighted by Crippen LogP contribution is 2.12. The molecular formula is C12H12N2O7. The van der Waals surface area contributed by atoms with Crippen LogP contribution in [0.3, 0.4) is 0 Å². The van der Waals surface area contributed by atoms with E-state index in [9.17, 15) is 29.8 Å². The molecule has 1 aromatic carbocycles. The standard InChI is InChI=1S/C12H12N2O7/c1-8(21-10(15)7-13(17)18)11(14(19)20)12(16)9-5-3-2-4-6-9/h2-6,8,11H,7H2,1H3. The summed E-state index contributed by atoms with van der Waals surface area (Å²) in [5.74, 6) is -2.07. The molecule has 0 radical (unpaired) electrons. The number of rotatable bonds is 7. The predicted molar refractivity (Wildman–Crippen MR) is 69.0 cm³/mol. The first-order valence-corrected chi connectivity index (χ1v) is 5.87. The van der Waals surface area contributed by atoms with Crippen molar-refractivity contribution in [1.29, 1.82) is 0 Å². The maximum atomic E-state index is 12.1. The first-order valence-electron chi connectivity index (χ1n) is 5.87. The van der Waals surface area contributed by atoms with E-state index >= 15 is 0 Å². The van der Waals surface area contributed by atoms with Crippen LogP contribution in [-0.4, -0.2) is 40.3 Å². The molecule has 1 aromatic rings. The van der Waals surface area contributed by atoms with Gasteiger partial charge in [-0.3, -0.25) is 25.0 Å². The summed E-state index contributed by atoms with van der Waals surface area (Å²) in [6, 6.07) is 5.68. The Morgan fingerprint density at radius 2 is 1.76 bits per heavy atom. The molecule has 9 heteroatoms. The molecule has 112 valence electrons. The van der Waals surface area contributed by atoms with Gasteiger partial charge in [0.05, 0.1) is 0 Å². The Balaban J connectivity index is 2.87. The van der Waals surface area contributed by atoms with Gasteiger partial charge >= 0.3 is 12.0 Å². The van der Waals surface area contributed by atoms with Crippen LogP contribution in [0, 0.1) is 20.2 Å². The minimum Gasteiger partial charge on any atom is -0.450 e. The van der Waals surface area contributed by atoms with Crippen molar-refractivity contribution in [3.05, 3.63) is 56.1 Å². The van der Waals surface area contributed by atoms with Crippen molar-refractivity contribution in [2.24, 2.45) is 0 Å². The Morgan fingerprint density at radius 1 is 1.19 bits per heavy atom. The van der Waals surface area contributed by atoms with Crippen LogP contribution in [0.2, 0.25) is 0 Å². The van der Waals surface area contributed by atoms with Gasteiger partial charge in [0.1, 0.15) is 0 Å². The van der Waals surface area contributed by atoms with Crippen LogP contribution in [-0.2, 0) is 9.53 Å². The highest BCUT2D eigenvalue weighted by Gasteiger charge is 2.39. The Bertz CT molecular complexity index is 558. The smallest absolute Gasteiger partial charge is 0.379 e. The van der Waals surface area contributed by atoms with E-state index in [0.29, 0.717) is 0 Å². The average Bonchev–Trinajstić information content (AvgIpc) is 2.38. The molecule has 2 atom stereocenters. The molecule has 9 nitrogen and oxygen atoms in total. The van der Waals surface area contributed by atoms with Gasteiger partial charge in [-0.2, -0.15) is 0 Å². The number of hydrogen-bond donors (Lipinski definition) is 0. The molecule has 0 spiro atoms. The molecule has 0 fully saturated rings. The van der Waals surface area contributed by atoms with E-state index in [2.05, 4.69) is 4.74 Å². The third kappa shape index (κ3) is 4.64. The molecule has 0 amide bonds. The zero-order valence-corrected chi connectivity index (χ0v) is 11.0. The number of ketones is 1. The molecule has 0 saturated heterocycles. The lowest BCUT2D eigenvalue weighted by atomic mass is 10.0. The number of esters is 1. The van der Waals surface area contributed by atoms with Gasteiger partial charge in [-0.25, -0.2) is 4.79 Å². The van der Waals surface area contributed by atoms with Crippen LogP contribution >= 0.6 is 0 Å². The van der Waals surface area contributed by atoms with E-state index in [1.165, 1.54) is 24.3 Å². The fourth-order valence-electron chi connectivity index (χ4n) is 1.67. The molecule has 0 N–H and O–H groups in total. The summed E-state index contributed by atoms with van der Waals surface area (Å²) in [5.41, 5.74) is 0.0939. The van der Waals surface area contributed by atoms with Crippen molar-refractivity contribution < 1.29 is 24.2 Å². The molecule has 1 rings (SSSR count). The van der Waals surface area contributed by atoms with Gasteiger partial charge in [0.25, 0.3) is 6.54 Å². The fourth-order valence-corrected chi connectivity index (χ4v) is 1.67. The summed E-state index contributed by atoms with van der Waals surface area (Å²) in [7, 11) is 0. The van der Waals surface area contributed by atoms with E-state index in [4.69, 9.17) is 0 Å². The minimum absolute atomic E-state index is 0.0939. The van der Waals surface area contributed by atoms with Gasteiger partial charge in [0, 0.05) is 15.4 Å². The van der Waals surface area contributed by atoms with Gasteiger partial charge < -0.3 is 4.74 Å². The van der Waals surface area contributed by atoms with Crippen LogP contribution in [0.15, 0.2) is 30.3 Å². The number of nitro groups is 2. The minimum atomic E-state index is -1.82. The second kappa shape index (κ2) is 7.08. The highest BCUT2D eigenvalue weighted by atomic mass is 16.6. The zero-order valence-electron chi connectivity index (χ0n) is 11.0. The molecule has 0 bridgehead atoms. The summed E-state index contributed by atoms with van der Waals surface area (Å²) < 4.78 is 4.58. The number of nitrogens with zero attached hydrogens (tertiary/aromatic N) is 2. The Morgan fingerprint density at radius 3 is 2.24 bits per heavy atom. The lowest BCUT2D eigenvalue weighted by Gasteiger charge is -2.15. The molecule has 0 aliphatic heterocycles. The Kier molecular flexibility index (Phi) is 5.47. The summed E-state index contributed by atoms with van der Waals surface area (Å²) in [4.78, 5) is 42.6. The fraction of sp³-hybridized carbons (Fsp3) is 0.333. The summed E-state index contributed by atoms with van der Waals surface area (Å²) in [6.45, 7) is 0.0282. The molecule has 0 aromatic heterocycles. The molecule has 0 aliphatic carbocycles. The van der Waals surface area contributed by atoms with E-state index < -0.39 is 40.3 Å². The number of carbonyl (C=O) groups is 2. The molecule has 0 aliphatic rings.